The van der Waals surface area contributed by atoms with Crippen molar-refractivity contribution in [3.63, 3.8) is 0 Å². The number of para-hydroxylation sites is 1. The lowest BCUT2D eigenvalue weighted by atomic mass is 10.1. The maximum Gasteiger partial charge on any atom is 0.282 e. The van der Waals surface area contributed by atoms with Crippen molar-refractivity contribution < 1.29 is 19.1 Å². The highest BCUT2D eigenvalue weighted by molar-refractivity contribution is 14.1. The molecule has 2 aromatic carbocycles. The van der Waals surface area contributed by atoms with E-state index < -0.39 is 11.8 Å². The third-order valence-electron chi connectivity index (χ3n) is 3.89. The average Bonchev–Trinajstić information content (AvgIpc) is 2.96. The van der Waals surface area contributed by atoms with E-state index in [0.717, 1.165) is 3.57 Å². The SMILES string of the molecule is C=CCOc1c(I)cc(C=C2C(=O)NN(c3ccccc3)C2=O)cc1OCC. The van der Waals surface area contributed by atoms with E-state index in [1.165, 1.54) is 5.01 Å². The molecule has 0 aromatic heterocycles. The molecule has 3 rings (SSSR count). The van der Waals surface area contributed by atoms with Crippen LogP contribution in [0.4, 0.5) is 5.69 Å². The van der Waals surface area contributed by atoms with Crippen LogP contribution >= 0.6 is 22.6 Å². The van der Waals surface area contributed by atoms with E-state index in [4.69, 9.17) is 9.47 Å². The van der Waals surface area contributed by atoms with Gasteiger partial charge in [-0.1, -0.05) is 30.9 Å². The van der Waals surface area contributed by atoms with Gasteiger partial charge >= 0.3 is 0 Å². The minimum Gasteiger partial charge on any atom is -0.490 e. The standard InChI is InChI=1S/C21H19IN2O4/c1-3-10-28-19-17(22)12-14(13-18(19)27-4-2)11-16-20(25)23-24(21(16)26)15-8-6-5-7-9-15/h3,5-9,11-13H,1,4,10H2,2H3,(H,23,25). The molecule has 1 saturated heterocycles. The number of amides is 2. The van der Waals surface area contributed by atoms with E-state index in [2.05, 4.69) is 34.6 Å². The third-order valence-corrected chi connectivity index (χ3v) is 4.70. The van der Waals surface area contributed by atoms with Gasteiger partial charge in [0, 0.05) is 0 Å². The number of ether oxygens (including phenoxy) is 2. The van der Waals surface area contributed by atoms with Crippen molar-refractivity contribution in [1.82, 2.24) is 5.43 Å². The highest BCUT2D eigenvalue weighted by Crippen LogP contribution is 2.35. The maximum absolute atomic E-state index is 12.7. The Labute approximate surface area is 176 Å². The lowest BCUT2D eigenvalue weighted by Gasteiger charge is -2.14. The van der Waals surface area contributed by atoms with Gasteiger partial charge in [0.15, 0.2) is 11.5 Å². The lowest BCUT2D eigenvalue weighted by molar-refractivity contribution is -0.117. The molecule has 0 radical (unpaired) electrons. The van der Waals surface area contributed by atoms with E-state index in [0.29, 0.717) is 36.0 Å². The molecule has 2 aromatic rings. The zero-order valence-corrected chi connectivity index (χ0v) is 17.4. The number of nitrogens with one attached hydrogen (secondary N) is 1. The second-order valence-corrected chi connectivity index (χ2v) is 7.00. The monoisotopic (exact) mass is 490 g/mol. The minimum absolute atomic E-state index is 0.0573. The van der Waals surface area contributed by atoms with E-state index in [-0.39, 0.29) is 5.57 Å². The summed E-state index contributed by atoms with van der Waals surface area (Å²) in [6, 6.07) is 12.5. The first-order valence-electron chi connectivity index (χ1n) is 8.67. The molecular weight excluding hydrogens is 471 g/mol. The van der Waals surface area contributed by atoms with Gasteiger partial charge < -0.3 is 9.47 Å². The molecule has 1 aliphatic rings. The van der Waals surface area contributed by atoms with Crippen LogP contribution in [0, 0.1) is 3.57 Å². The number of hydrazine groups is 1. The number of carbonyl (C=O) groups is 2. The summed E-state index contributed by atoms with van der Waals surface area (Å²) in [7, 11) is 0. The zero-order valence-electron chi connectivity index (χ0n) is 15.3. The normalized spacial score (nSPS) is 14.9. The molecule has 0 saturated carbocycles. The Balaban J connectivity index is 1.95. The van der Waals surface area contributed by atoms with Crippen molar-refractivity contribution in [3.05, 3.63) is 69.8 Å². The van der Waals surface area contributed by atoms with Crippen LogP contribution in [0.5, 0.6) is 11.5 Å². The molecule has 0 atom stereocenters. The number of benzene rings is 2. The summed E-state index contributed by atoms with van der Waals surface area (Å²) in [4.78, 5) is 25.1. The summed E-state index contributed by atoms with van der Waals surface area (Å²) in [5.74, 6) is 0.302. The average molecular weight is 490 g/mol. The van der Waals surface area contributed by atoms with Crippen LogP contribution in [0.3, 0.4) is 0 Å². The van der Waals surface area contributed by atoms with E-state index in [1.54, 1.807) is 42.5 Å². The van der Waals surface area contributed by atoms with Crippen LogP contribution in [0.2, 0.25) is 0 Å². The third kappa shape index (κ3) is 4.19. The molecule has 6 nitrogen and oxygen atoms in total. The van der Waals surface area contributed by atoms with Crippen LogP contribution in [0.25, 0.3) is 6.08 Å². The van der Waals surface area contributed by atoms with Crippen LogP contribution in [-0.4, -0.2) is 25.0 Å². The van der Waals surface area contributed by atoms with Crippen molar-refractivity contribution in [3.8, 4) is 11.5 Å². The van der Waals surface area contributed by atoms with Gasteiger partial charge in [0.1, 0.15) is 12.2 Å². The van der Waals surface area contributed by atoms with Gasteiger partial charge in [0.2, 0.25) is 0 Å². The molecule has 0 spiro atoms. The highest BCUT2D eigenvalue weighted by Gasteiger charge is 2.34. The first kappa shape index (κ1) is 19.9. The van der Waals surface area contributed by atoms with Crippen LogP contribution in [0.15, 0.2) is 60.7 Å². The Morgan fingerprint density at radius 3 is 2.61 bits per heavy atom. The van der Waals surface area contributed by atoms with Gasteiger partial charge in [-0.15, -0.1) is 0 Å². The maximum atomic E-state index is 12.7. The molecule has 144 valence electrons. The van der Waals surface area contributed by atoms with Gasteiger partial charge in [0.05, 0.1) is 15.9 Å². The molecule has 1 fully saturated rings. The molecule has 0 aliphatic carbocycles. The number of hydrogen-bond donors (Lipinski definition) is 1. The van der Waals surface area contributed by atoms with Crippen molar-refractivity contribution >= 4 is 46.2 Å². The van der Waals surface area contributed by atoms with Crippen molar-refractivity contribution in [1.29, 1.82) is 0 Å². The summed E-state index contributed by atoms with van der Waals surface area (Å²) in [6.45, 7) is 6.34. The predicted molar refractivity (Wildman–Crippen MR) is 116 cm³/mol. The Kier molecular flexibility index (Phi) is 6.35. The van der Waals surface area contributed by atoms with Crippen molar-refractivity contribution in [2.75, 3.05) is 18.2 Å². The van der Waals surface area contributed by atoms with E-state index in [9.17, 15) is 9.59 Å². The van der Waals surface area contributed by atoms with E-state index >= 15 is 0 Å². The lowest BCUT2D eigenvalue weighted by Crippen LogP contribution is -2.35. The fourth-order valence-electron chi connectivity index (χ4n) is 2.70. The summed E-state index contributed by atoms with van der Waals surface area (Å²) < 4.78 is 12.2. The summed E-state index contributed by atoms with van der Waals surface area (Å²) in [5, 5.41) is 1.24. The smallest absolute Gasteiger partial charge is 0.282 e. The van der Waals surface area contributed by atoms with Crippen LogP contribution in [0.1, 0.15) is 12.5 Å². The molecule has 1 N–H and O–H groups in total. The minimum atomic E-state index is -0.450. The number of nitrogens with zero attached hydrogens (tertiary/aromatic N) is 1. The first-order chi connectivity index (χ1) is 13.5. The van der Waals surface area contributed by atoms with Crippen molar-refractivity contribution in [2.45, 2.75) is 6.92 Å². The molecule has 7 heteroatoms. The topological polar surface area (TPSA) is 67.9 Å². The fourth-order valence-corrected chi connectivity index (χ4v) is 3.48. The Hall–Kier alpha value is -2.81. The fraction of sp³-hybridized carbons (Fsp3) is 0.143. The summed E-state index contributed by atoms with van der Waals surface area (Å²) in [5.41, 5.74) is 3.92. The quantitative estimate of drug-likeness (QED) is 0.278. The second-order valence-electron chi connectivity index (χ2n) is 5.84. The summed E-state index contributed by atoms with van der Waals surface area (Å²) >= 11 is 2.14. The Morgan fingerprint density at radius 2 is 1.93 bits per heavy atom. The molecule has 1 aliphatic heterocycles. The van der Waals surface area contributed by atoms with Gasteiger partial charge in [-0.2, -0.15) is 0 Å². The summed E-state index contributed by atoms with van der Waals surface area (Å²) in [6.07, 6.45) is 3.21. The molecular formula is C21H19IN2O4. The predicted octanol–water partition coefficient (Wildman–Crippen LogP) is 3.72. The Morgan fingerprint density at radius 1 is 1.18 bits per heavy atom. The molecule has 0 bridgehead atoms. The zero-order chi connectivity index (χ0) is 20.1. The van der Waals surface area contributed by atoms with Gasteiger partial charge in [-0.05, 0) is 65.4 Å². The molecule has 0 unspecified atom stereocenters. The largest absolute Gasteiger partial charge is 0.490 e. The van der Waals surface area contributed by atoms with Gasteiger partial charge in [0.25, 0.3) is 11.8 Å². The van der Waals surface area contributed by atoms with Gasteiger partial charge in [-0.3, -0.25) is 15.0 Å². The molecule has 2 amide bonds. The number of rotatable bonds is 7. The number of halogens is 1. The first-order valence-corrected chi connectivity index (χ1v) is 9.75. The molecule has 1 heterocycles. The van der Waals surface area contributed by atoms with Gasteiger partial charge in [-0.25, -0.2) is 5.01 Å². The van der Waals surface area contributed by atoms with Crippen molar-refractivity contribution in [2.24, 2.45) is 0 Å². The number of hydrogen-bond acceptors (Lipinski definition) is 4. The number of anilines is 1. The number of carbonyl (C=O) groups excluding carboxylic acids is 2. The second kappa shape index (κ2) is 8.92. The highest BCUT2D eigenvalue weighted by atomic mass is 127. The van der Waals surface area contributed by atoms with Crippen LogP contribution in [-0.2, 0) is 9.59 Å². The van der Waals surface area contributed by atoms with E-state index in [1.807, 2.05) is 19.1 Å². The van der Waals surface area contributed by atoms with Crippen LogP contribution < -0.4 is 19.9 Å². The molecule has 28 heavy (non-hydrogen) atoms. The Bertz CT molecular complexity index is 941.